The summed E-state index contributed by atoms with van der Waals surface area (Å²) in [6, 6.07) is 4.41. The van der Waals surface area contributed by atoms with Gasteiger partial charge in [0.2, 0.25) is 0 Å². The number of fused-ring (bicyclic) bond motifs is 1. The van der Waals surface area contributed by atoms with Gasteiger partial charge in [0.1, 0.15) is 0 Å². The van der Waals surface area contributed by atoms with Gasteiger partial charge in [0.25, 0.3) is 0 Å². The molecule has 1 unspecified atom stereocenters. The highest BCUT2D eigenvalue weighted by Crippen LogP contribution is 2.19. The number of nitrogens with one attached hydrogen (secondary N) is 1. The molecule has 1 aliphatic heterocycles. The molecule has 0 aliphatic carbocycles. The number of anilines is 1. The average Bonchev–Trinajstić information content (AvgIpc) is 2.04. The summed E-state index contributed by atoms with van der Waals surface area (Å²) in [5.41, 5.74) is 2.16. The third kappa shape index (κ3) is 1.11. The van der Waals surface area contributed by atoms with E-state index in [2.05, 4.69) is 29.4 Å². The lowest BCUT2D eigenvalue weighted by Crippen LogP contribution is -2.15. The van der Waals surface area contributed by atoms with E-state index >= 15 is 0 Å². The normalized spacial score (nSPS) is 20.6. The zero-order chi connectivity index (χ0) is 7.68. The highest BCUT2D eigenvalue weighted by molar-refractivity contribution is 5.67. The van der Waals surface area contributed by atoms with Crippen LogP contribution in [0, 0.1) is 0 Å². The number of nitrogens with zero attached hydrogens (tertiary/aromatic N) is 1. The minimum absolute atomic E-state index is 0.423. The van der Waals surface area contributed by atoms with E-state index in [0.717, 1.165) is 11.4 Å². The lowest BCUT2D eigenvalue weighted by atomic mass is 10.1. The van der Waals surface area contributed by atoms with Crippen molar-refractivity contribution < 1.29 is 0 Å². The standard InChI is InChI=1S/C9H10N2/c1-7-4-5-8-9(11-7)3-2-6-10-8/h2-7,11H,1H3. The molecule has 1 N–H and O–H groups in total. The molecule has 2 nitrogen and oxygen atoms in total. The number of aromatic nitrogens is 1. The third-order valence-corrected chi connectivity index (χ3v) is 1.76. The molecule has 11 heavy (non-hydrogen) atoms. The maximum Gasteiger partial charge on any atom is 0.0858 e. The van der Waals surface area contributed by atoms with Gasteiger partial charge in [-0.25, -0.2) is 0 Å². The predicted molar refractivity (Wildman–Crippen MR) is 46.4 cm³/mol. The summed E-state index contributed by atoms with van der Waals surface area (Å²) in [7, 11) is 0. The Morgan fingerprint density at radius 1 is 1.55 bits per heavy atom. The van der Waals surface area contributed by atoms with Crippen LogP contribution in [0.5, 0.6) is 0 Å². The van der Waals surface area contributed by atoms with E-state index in [0.29, 0.717) is 6.04 Å². The first-order chi connectivity index (χ1) is 5.36. The van der Waals surface area contributed by atoms with Crippen molar-refractivity contribution in [3.63, 3.8) is 0 Å². The van der Waals surface area contributed by atoms with Crippen molar-refractivity contribution in [3.05, 3.63) is 30.1 Å². The van der Waals surface area contributed by atoms with Crippen LogP contribution in [0.15, 0.2) is 24.4 Å². The number of hydrogen-bond donors (Lipinski definition) is 1. The van der Waals surface area contributed by atoms with Crippen molar-refractivity contribution in [3.8, 4) is 0 Å². The van der Waals surface area contributed by atoms with Gasteiger partial charge < -0.3 is 5.32 Å². The number of rotatable bonds is 0. The van der Waals surface area contributed by atoms with Gasteiger partial charge in [0.05, 0.1) is 11.4 Å². The Labute approximate surface area is 66.0 Å². The van der Waals surface area contributed by atoms with Crippen molar-refractivity contribution in [2.24, 2.45) is 0 Å². The molecular weight excluding hydrogens is 136 g/mol. The van der Waals surface area contributed by atoms with Gasteiger partial charge in [-0.05, 0) is 25.1 Å². The Morgan fingerprint density at radius 2 is 2.45 bits per heavy atom. The largest absolute Gasteiger partial charge is 0.377 e. The minimum atomic E-state index is 0.423. The molecule has 0 saturated carbocycles. The summed E-state index contributed by atoms with van der Waals surface area (Å²) >= 11 is 0. The molecule has 56 valence electrons. The molecule has 0 bridgehead atoms. The van der Waals surface area contributed by atoms with E-state index in [1.807, 2.05) is 12.1 Å². The highest BCUT2D eigenvalue weighted by atomic mass is 14.9. The first kappa shape index (κ1) is 6.40. The maximum absolute atomic E-state index is 4.20. The fourth-order valence-electron chi connectivity index (χ4n) is 1.20. The molecule has 1 aromatic heterocycles. The molecule has 0 aromatic carbocycles. The Bertz CT molecular complexity index is 291. The number of pyridine rings is 1. The smallest absolute Gasteiger partial charge is 0.0858 e. The van der Waals surface area contributed by atoms with Crippen LogP contribution in [0.2, 0.25) is 0 Å². The van der Waals surface area contributed by atoms with Gasteiger partial charge in [-0.3, -0.25) is 4.98 Å². The van der Waals surface area contributed by atoms with Crippen molar-refractivity contribution in [1.29, 1.82) is 0 Å². The lowest BCUT2D eigenvalue weighted by Gasteiger charge is -2.17. The van der Waals surface area contributed by atoms with Crippen molar-refractivity contribution in [2.75, 3.05) is 5.32 Å². The number of hydrogen-bond acceptors (Lipinski definition) is 2. The second kappa shape index (κ2) is 2.38. The topological polar surface area (TPSA) is 24.9 Å². The second-order valence-electron chi connectivity index (χ2n) is 2.73. The summed E-state index contributed by atoms with van der Waals surface area (Å²) in [6.07, 6.45) is 5.96. The molecule has 0 amide bonds. The van der Waals surface area contributed by atoms with Crippen molar-refractivity contribution in [1.82, 2.24) is 4.98 Å². The molecule has 0 fully saturated rings. The van der Waals surface area contributed by atoms with E-state index in [-0.39, 0.29) is 0 Å². The predicted octanol–water partition coefficient (Wildman–Crippen LogP) is 1.91. The monoisotopic (exact) mass is 146 g/mol. The molecule has 1 aromatic rings. The zero-order valence-electron chi connectivity index (χ0n) is 6.41. The van der Waals surface area contributed by atoms with Gasteiger partial charge in [0.15, 0.2) is 0 Å². The Hall–Kier alpha value is -1.31. The van der Waals surface area contributed by atoms with E-state index in [1.165, 1.54) is 0 Å². The van der Waals surface area contributed by atoms with Gasteiger partial charge in [-0.1, -0.05) is 6.08 Å². The molecular formula is C9H10N2. The van der Waals surface area contributed by atoms with Crippen LogP contribution in [-0.2, 0) is 0 Å². The van der Waals surface area contributed by atoms with E-state index in [9.17, 15) is 0 Å². The van der Waals surface area contributed by atoms with Crippen LogP contribution >= 0.6 is 0 Å². The molecule has 2 heterocycles. The summed E-state index contributed by atoms with van der Waals surface area (Å²) in [5, 5.41) is 3.31. The summed E-state index contributed by atoms with van der Waals surface area (Å²) in [5.74, 6) is 0. The SMILES string of the molecule is CC1C=Cc2ncccc2N1. The molecule has 0 spiro atoms. The van der Waals surface area contributed by atoms with Gasteiger partial charge in [-0.2, -0.15) is 0 Å². The summed E-state index contributed by atoms with van der Waals surface area (Å²) in [4.78, 5) is 4.20. The second-order valence-corrected chi connectivity index (χ2v) is 2.73. The van der Waals surface area contributed by atoms with Crippen LogP contribution in [0.25, 0.3) is 6.08 Å². The summed E-state index contributed by atoms with van der Waals surface area (Å²) < 4.78 is 0. The van der Waals surface area contributed by atoms with E-state index in [4.69, 9.17) is 0 Å². The van der Waals surface area contributed by atoms with Crippen LogP contribution in [0.1, 0.15) is 12.6 Å². The van der Waals surface area contributed by atoms with Crippen LogP contribution in [0.4, 0.5) is 5.69 Å². The van der Waals surface area contributed by atoms with Crippen molar-refractivity contribution >= 4 is 11.8 Å². The zero-order valence-corrected chi connectivity index (χ0v) is 6.41. The van der Waals surface area contributed by atoms with Gasteiger partial charge in [0, 0.05) is 12.2 Å². The Morgan fingerprint density at radius 3 is 3.36 bits per heavy atom. The lowest BCUT2D eigenvalue weighted by molar-refractivity contribution is 0.983. The van der Waals surface area contributed by atoms with Crippen LogP contribution < -0.4 is 5.32 Å². The van der Waals surface area contributed by atoms with Gasteiger partial charge >= 0.3 is 0 Å². The Kier molecular flexibility index (Phi) is 1.39. The minimum Gasteiger partial charge on any atom is -0.377 e. The third-order valence-electron chi connectivity index (χ3n) is 1.76. The van der Waals surface area contributed by atoms with Crippen LogP contribution in [0.3, 0.4) is 0 Å². The molecule has 2 heteroatoms. The molecule has 1 atom stereocenters. The van der Waals surface area contributed by atoms with Crippen LogP contribution in [-0.4, -0.2) is 11.0 Å². The van der Waals surface area contributed by atoms with Crippen molar-refractivity contribution in [2.45, 2.75) is 13.0 Å². The fourth-order valence-corrected chi connectivity index (χ4v) is 1.20. The fraction of sp³-hybridized carbons (Fsp3) is 0.222. The molecule has 1 aliphatic rings. The summed E-state index contributed by atoms with van der Waals surface area (Å²) in [6.45, 7) is 2.12. The molecule has 0 saturated heterocycles. The van der Waals surface area contributed by atoms with Gasteiger partial charge in [-0.15, -0.1) is 0 Å². The quantitative estimate of drug-likeness (QED) is 0.604. The van der Waals surface area contributed by atoms with E-state index in [1.54, 1.807) is 6.20 Å². The Balaban J connectivity index is 2.46. The maximum atomic E-state index is 4.20. The first-order valence-corrected chi connectivity index (χ1v) is 3.76. The first-order valence-electron chi connectivity index (χ1n) is 3.76. The molecule has 0 radical (unpaired) electrons. The van der Waals surface area contributed by atoms with E-state index < -0.39 is 0 Å². The average molecular weight is 146 g/mol. The molecule has 2 rings (SSSR count). The highest BCUT2D eigenvalue weighted by Gasteiger charge is 2.06.